The molecule has 0 bridgehead atoms. The maximum absolute atomic E-state index is 12.2. The van der Waals surface area contributed by atoms with Gasteiger partial charge in [-0.1, -0.05) is 0 Å². The fourth-order valence-electron chi connectivity index (χ4n) is 2.32. The maximum atomic E-state index is 12.2. The number of carbonyl (C=O) groups excluding carboxylic acids is 1. The van der Waals surface area contributed by atoms with E-state index in [9.17, 15) is 23.6 Å². The molecule has 1 atom stereocenters. The topological polar surface area (TPSA) is 116 Å². The monoisotopic (exact) mass is 414 g/mol. The van der Waals surface area contributed by atoms with E-state index in [0.717, 1.165) is 0 Å². The molecule has 0 aromatic heterocycles. The Morgan fingerprint density at radius 2 is 2.25 bits per heavy atom. The molecular weight excluding hydrogens is 400 g/mol. The Morgan fingerprint density at radius 3 is 2.79 bits per heavy atom. The second kappa shape index (κ2) is 7.23. The number of sulfone groups is 1. The van der Waals surface area contributed by atoms with E-state index in [2.05, 4.69) is 21.2 Å². The van der Waals surface area contributed by atoms with Crippen molar-refractivity contribution in [2.75, 3.05) is 18.6 Å². The number of nitrogens with one attached hydrogen (secondary N) is 1. The standard InChI is InChI=1S/C15H15BrN2O5S/c1-23-13-6-9(5-12(16)14(13)19)4-10(7-17)15(20)18-11-2-3-24(21,22)8-11/h4-6,11,19H,2-3,8H2,1H3,(H,18,20)/b10-4-/t11-/m1/s1. The molecule has 1 amide bonds. The summed E-state index contributed by atoms with van der Waals surface area (Å²) in [4.78, 5) is 12.2. The smallest absolute Gasteiger partial charge is 0.262 e. The molecule has 7 nitrogen and oxygen atoms in total. The molecule has 24 heavy (non-hydrogen) atoms. The van der Waals surface area contributed by atoms with Crippen LogP contribution in [0.1, 0.15) is 12.0 Å². The van der Waals surface area contributed by atoms with Crippen molar-refractivity contribution in [3.63, 3.8) is 0 Å². The summed E-state index contributed by atoms with van der Waals surface area (Å²) in [7, 11) is -1.74. The number of methoxy groups -OCH3 is 1. The number of hydrogen-bond acceptors (Lipinski definition) is 6. The number of phenols is 1. The van der Waals surface area contributed by atoms with E-state index in [4.69, 9.17) is 4.74 Å². The quantitative estimate of drug-likeness (QED) is 0.567. The molecule has 9 heteroatoms. The molecule has 2 N–H and O–H groups in total. The lowest BCUT2D eigenvalue weighted by Crippen LogP contribution is -2.36. The first-order chi connectivity index (χ1) is 11.3. The summed E-state index contributed by atoms with van der Waals surface area (Å²) >= 11 is 3.16. The Bertz CT molecular complexity index is 842. The molecule has 0 radical (unpaired) electrons. The van der Waals surface area contributed by atoms with Crippen molar-refractivity contribution in [1.82, 2.24) is 5.32 Å². The summed E-state index contributed by atoms with van der Waals surface area (Å²) in [5.41, 5.74) is 0.307. The van der Waals surface area contributed by atoms with Crippen LogP contribution in [-0.4, -0.2) is 44.1 Å². The van der Waals surface area contributed by atoms with Gasteiger partial charge < -0.3 is 15.2 Å². The second-order valence-corrected chi connectivity index (χ2v) is 8.38. The highest BCUT2D eigenvalue weighted by Gasteiger charge is 2.29. The molecule has 1 aliphatic rings. The van der Waals surface area contributed by atoms with Gasteiger partial charge in [0.2, 0.25) is 0 Å². The first kappa shape index (κ1) is 18.3. The van der Waals surface area contributed by atoms with Crippen LogP contribution in [0.4, 0.5) is 0 Å². The van der Waals surface area contributed by atoms with Crippen LogP contribution in [0.25, 0.3) is 6.08 Å². The van der Waals surface area contributed by atoms with Crippen LogP contribution in [0.5, 0.6) is 11.5 Å². The van der Waals surface area contributed by atoms with Crippen molar-refractivity contribution in [2.24, 2.45) is 0 Å². The van der Waals surface area contributed by atoms with Gasteiger partial charge in [-0.2, -0.15) is 5.26 Å². The number of nitrogens with zero attached hydrogens (tertiary/aromatic N) is 1. The fraction of sp³-hybridized carbons (Fsp3) is 0.333. The molecule has 1 fully saturated rings. The number of carbonyl (C=O) groups is 1. The second-order valence-electron chi connectivity index (χ2n) is 5.30. The lowest BCUT2D eigenvalue weighted by Gasteiger charge is -2.10. The molecule has 0 unspecified atom stereocenters. The van der Waals surface area contributed by atoms with Crippen molar-refractivity contribution in [2.45, 2.75) is 12.5 Å². The maximum Gasteiger partial charge on any atom is 0.262 e. The van der Waals surface area contributed by atoms with Gasteiger partial charge in [0.15, 0.2) is 21.3 Å². The molecule has 128 valence electrons. The highest BCUT2D eigenvalue weighted by molar-refractivity contribution is 9.10. The highest BCUT2D eigenvalue weighted by atomic mass is 79.9. The Morgan fingerprint density at radius 1 is 1.54 bits per heavy atom. The van der Waals surface area contributed by atoms with Crippen molar-refractivity contribution < 1.29 is 23.1 Å². The van der Waals surface area contributed by atoms with Crippen molar-refractivity contribution in [1.29, 1.82) is 5.26 Å². The van der Waals surface area contributed by atoms with Crippen LogP contribution in [-0.2, 0) is 14.6 Å². The summed E-state index contributed by atoms with van der Waals surface area (Å²) < 4.78 is 28.2. The average Bonchev–Trinajstić information content (AvgIpc) is 2.86. The number of ether oxygens (including phenoxy) is 1. The average molecular weight is 415 g/mol. The SMILES string of the molecule is COc1cc(/C=C(/C#N)C(=O)N[C@@H]2CCS(=O)(=O)C2)cc(Br)c1O. The number of amides is 1. The zero-order valence-electron chi connectivity index (χ0n) is 12.7. The minimum absolute atomic E-state index is 0.0334. The minimum Gasteiger partial charge on any atom is -0.503 e. The fourth-order valence-corrected chi connectivity index (χ4v) is 4.45. The van der Waals surface area contributed by atoms with Gasteiger partial charge in [-0.25, -0.2) is 8.42 Å². The number of hydrogen-bond donors (Lipinski definition) is 2. The Kier molecular flexibility index (Phi) is 5.51. The zero-order valence-corrected chi connectivity index (χ0v) is 15.1. The van der Waals surface area contributed by atoms with Gasteiger partial charge in [0.25, 0.3) is 5.91 Å². The molecule has 0 saturated carbocycles. The summed E-state index contributed by atoms with van der Waals surface area (Å²) in [5, 5.41) is 21.5. The van der Waals surface area contributed by atoms with E-state index in [1.165, 1.54) is 25.3 Å². The zero-order chi connectivity index (χ0) is 17.9. The summed E-state index contributed by atoms with van der Waals surface area (Å²) in [6.45, 7) is 0. The number of aromatic hydroxyl groups is 1. The predicted molar refractivity (Wildman–Crippen MR) is 91.2 cm³/mol. The van der Waals surface area contributed by atoms with Crippen LogP contribution < -0.4 is 10.1 Å². The van der Waals surface area contributed by atoms with Gasteiger partial charge in [0, 0.05) is 6.04 Å². The molecule has 1 aromatic rings. The lowest BCUT2D eigenvalue weighted by atomic mass is 10.1. The number of phenolic OH excluding ortho intramolecular Hbond substituents is 1. The van der Waals surface area contributed by atoms with Crippen LogP contribution in [0.15, 0.2) is 22.2 Å². The predicted octanol–water partition coefficient (Wildman–Crippen LogP) is 1.37. The Hall–Kier alpha value is -2.05. The summed E-state index contributed by atoms with van der Waals surface area (Å²) in [5.74, 6) is -0.617. The van der Waals surface area contributed by atoms with Gasteiger partial charge in [0.1, 0.15) is 11.6 Å². The molecule has 1 aromatic carbocycles. The first-order valence-corrected chi connectivity index (χ1v) is 9.56. The van der Waals surface area contributed by atoms with Crippen LogP contribution in [0.2, 0.25) is 0 Å². The van der Waals surface area contributed by atoms with E-state index in [0.29, 0.717) is 16.5 Å². The van der Waals surface area contributed by atoms with Gasteiger partial charge >= 0.3 is 0 Å². The Labute approximate surface area is 148 Å². The molecule has 2 rings (SSSR count). The number of halogens is 1. The van der Waals surface area contributed by atoms with Gasteiger partial charge in [-0.15, -0.1) is 0 Å². The van der Waals surface area contributed by atoms with E-state index in [1.54, 1.807) is 6.07 Å². The summed E-state index contributed by atoms with van der Waals surface area (Å²) in [6.07, 6.45) is 1.68. The third-order valence-electron chi connectivity index (χ3n) is 3.51. The van der Waals surface area contributed by atoms with Crippen LogP contribution in [0, 0.1) is 11.3 Å². The van der Waals surface area contributed by atoms with Crippen LogP contribution in [0.3, 0.4) is 0 Å². The molecule has 1 aliphatic heterocycles. The molecule has 1 saturated heterocycles. The van der Waals surface area contributed by atoms with Crippen molar-refractivity contribution in [3.05, 3.63) is 27.7 Å². The highest BCUT2D eigenvalue weighted by Crippen LogP contribution is 2.35. The minimum atomic E-state index is -3.12. The lowest BCUT2D eigenvalue weighted by molar-refractivity contribution is -0.117. The van der Waals surface area contributed by atoms with E-state index < -0.39 is 21.8 Å². The molecule has 1 heterocycles. The number of benzene rings is 1. The molecular formula is C15H15BrN2O5S. The molecule has 0 aliphatic carbocycles. The summed E-state index contributed by atoms with van der Waals surface area (Å²) in [6, 6.07) is 4.32. The largest absolute Gasteiger partial charge is 0.503 e. The number of nitriles is 1. The van der Waals surface area contributed by atoms with Gasteiger partial charge in [0.05, 0.1) is 23.1 Å². The Balaban J connectivity index is 2.22. The van der Waals surface area contributed by atoms with E-state index in [-0.39, 0.29) is 28.6 Å². The van der Waals surface area contributed by atoms with Crippen molar-refractivity contribution >= 4 is 37.8 Å². The van der Waals surface area contributed by atoms with Crippen molar-refractivity contribution in [3.8, 4) is 17.6 Å². The third kappa shape index (κ3) is 4.27. The van der Waals surface area contributed by atoms with Gasteiger partial charge in [-0.05, 0) is 46.1 Å². The van der Waals surface area contributed by atoms with Gasteiger partial charge in [-0.3, -0.25) is 4.79 Å². The third-order valence-corrected chi connectivity index (χ3v) is 5.89. The van der Waals surface area contributed by atoms with E-state index in [1.807, 2.05) is 0 Å². The molecule has 0 spiro atoms. The number of rotatable bonds is 4. The normalized spacial score (nSPS) is 19.5. The van der Waals surface area contributed by atoms with Crippen LogP contribution >= 0.6 is 15.9 Å². The first-order valence-electron chi connectivity index (χ1n) is 6.95. The van der Waals surface area contributed by atoms with E-state index >= 15 is 0 Å².